The number of rotatable bonds is 4. The van der Waals surface area contributed by atoms with Crippen LogP contribution in [-0.4, -0.2) is 52.2 Å². The highest BCUT2D eigenvalue weighted by Gasteiger charge is 2.63. The van der Waals surface area contributed by atoms with Gasteiger partial charge in [-0.05, 0) is 25.8 Å². The molecule has 2 bridgehead atoms. The van der Waals surface area contributed by atoms with E-state index in [1.807, 2.05) is 0 Å². The van der Waals surface area contributed by atoms with Crippen LogP contribution in [-0.2, 0) is 4.74 Å². The van der Waals surface area contributed by atoms with Gasteiger partial charge < -0.3 is 15.0 Å². The number of carbonyl (C=O) groups is 1. The number of ether oxygens (including phenoxy) is 1. The summed E-state index contributed by atoms with van der Waals surface area (Å²) in [5.74, 6) is 0.645. The van der Waals surface area contributed by atoms with Crippen LogP contribution in [0.25, 0.3) is 0 Å². The number of nitrogens with one attached hydrogen (secondary N) is 1. The summed E-state index contributed by atoms with van der Waals surface area (Å²) in [5.41, 5.74) is 0.796. The standard InChI is InChI=1S/C20H22FN5O2/c1-12-23-6-13(7-24-12)19(27)25-8-14-15-10-26(17-3-5-22-9-16(17)21)11-20(15)4-2-18(14)28-20/h3,5-7,9,14-15,18H,2,4,8,10-11H2,1H3,(H,25,27)/t14-,15+,18+,20+/m0/s1. The molecule has 28 heavy (non-hydrogen) atoms. The van der Waals surface area contributed by atoms with Crippen molar-refractivity contribution in [1.82, 2.24) is 20.3 Å². The number of anilines is 1. The van der Waals surface area contributed by atoms with E-state index in [1.54, 1.807) is 31.6 Å². The van der Waals surface area contributed by atoms with E-state index in [9.17, 15) is 9.18 Å². The molecule has 3 aliphatic rings. The molecule has 0 unspecified atom stereocenters. The monoisotopic (exact) mass is 383 g/mol. The number of aromatic nitrogens is 3. The summed E-state index contributed by atoms with van der Waals surface area (Å²) >= 11 is 0. The minimum absolute atomic E-state index is 0.156. The normalized spacial score (nSPS) is 30.5. The Bertz CT molecular complexity index is 908. The summed E-state index contributed by atoms with van der Waals surface area (Å²) in [6.45, 7) is 3.73. The average Bonchev–Trinajstić information content (AvgIpc) is 3.35. The zero-order valence-corrected chi connectivity index (χ0v) is 15.6. The Kier molecular flexibility index (Phi) is 4.04. The van der Waals surface area contributed by atoms with Gasteiger partial charge in [-0.15, -0.1) is 0 Å². The molecule has 5 rings (SSSR count). The van der Waals surface area contributed by atoms with Crippen LogP contribution in [0.4, 0.5) is 10.1 Å². The molecule has 0 saturated carbocycles. The van der Waals surface area contributed by atoms with E-state index < -0.39 is 0 Å². The molecule has 0 aromatic carbocycles. The Morgan fingerprint density at radius 2 is 2.21 bits per heavy atom. The molecule has 3 aliphatic heterocycles. The van der Waals surface area contributed by atoms with Crippen LogP contribution in [0, 0.1) is 24.6 Å². The lowest BCUT2D eigenvalue weighted by molar-refractivity contribution is 0.0141. The minimum atomic E-state index is -0.308. The van der Waals surface area contributed by atoms with Gasteiger partial charge in [-0.25, -0.2) is 14.4 Å². The van der Waals surface area contributed by atoms with Gasteiger partial charge in [0.05, 0.1) is 29.2 Å². The van der Waals surface area contributed by atoms with Gasteiger partial charge in [0.25, 0.3) is 5.91 Å². The second-order valence-corrected chi connectivity index (χ2v) is 7.97. The van der Waals surface area contributed by atoms with Crippen LogP contribution in [0.2, 0.25) is 0 Å². The van der Waals surface area contributed by atoms with Crippen LogP contribution in [0.1, 0.15) is 29.0 Å². The van der Waals surface area contributed by atoms with Crippen molar-refractivity contribution in [3.05, 3.63) is 48.1 Å². The molecule has 4 atom stereocenters. The Morgan fingerprint density at radius 1 is 1.39 bits per heavy atom. The zero-order chi connectivity index (χ0) is 19.3. The summed E-state index contributed by atoms with van der Waals surface area (Å²) in [6.07, 6.45) is 8.08. The lowest BCUT2D eigenvalue weighted by atomic mass is 9.73. The fourth-order valence-electron chi connectivity index (χ4n) is 5.09. The highest BCUT2D eigenvalue weighted by molar-refractivity contribution is 5.93. The van der Waals surface area contributed by atoms with Crippen molar-refractivity contribution in [1.29, 1.82) is 0 Å². The van der Waals surface area contributed by atoms with Crippen LogP contribution >= 0.6 is 0 Å². The maximum atomic E-state index is 14.2. The van der Waals surface area contributed by atoms with Crippen LogP contribution in [0.3, 0.4) is 0 Å². The predicted octanol–water partition coefficient (Wildman–Crippen LogP) is 1.73. The van der Waals surface area contributed by atoms with Crippen molar-refractivity contribution in [2.75, 3.05) is 24.5 Å². The molecule has 0 aliphatic carbocycles. The third kappa shape index (κ3) is 2.74. The molecule has 1 N–H and O–H groups in total. The third-order valence-electron chi connectivity index (χ3n) is 6.42. The number of carbonyl (C=O) groups excluding carboxylic acids is 1. The molecule has 2 aromatic rings. The van der Waals surface area contributed by atoms with Crippen molar-refractivity contribution in [2.24, 2.45) is 11.8 Å². The highest BCUT2D eigenvalue weighted by atomic mass is 19.1. The fraction of sp³-hybridized carbons (Fsp3) is 0.500. The first-order valence-corrected chi connectivity index (χ1v) is 9.65. The van der Waals surface area contributed by atoms with Crippen molar-refractivity contribution >= 4 is 11.6 Å². The molecular weight excluding hydrogens is 361 g/mol. The molecule has 8 heteroatoms. The van der Waals surface area contributed by atoms with Crippen LogP contribution < -0.4 is 10.2 Å². The number of fused-ring (bicyclic) bond motifs is 1. The van der Waals surface area contributed by atoms with E-state index >= 15 is 0 Å². The molecule has 146 valence electrons. The molecule has 1 spiro atoms. The van der Waals surface area contributed by atoms with Gasteiger partial charge in [0.2, 0.25) is 0 Å². The predicted molar refractivity (Wildman–Crippen MR) is 99.3 cm³/mol. The van der Waals surface area contributed by atoms with Gasteiger partial charge in [-0.2, -0.15) is 0 Å². The van der Waals surface area contributed by atoms with Crippen LogP contribution in [0.5, 0.6) is 0 Å². The molecular formula is C20H22FN5O2. The van der Waals surface area contributed by atoms with E-state index in [0.29, 0.717) is 30.2 Å². The number of aryl methyl sites for hydroxylation is 1. The van der Waals surface area contributed by atoms with Gasteiger partial charge in [-0.3, -0.25) is 9.78 Å². The van der Waals surface area contributed by atoms with Gasteiger partial charge in [0.15, 0.2) is 5.82 Å². The maximum Gasteiger partial charge on any atom is 0.254 e. The topological polar surface area (TPSA) is 80.2 Å². The summed E-state index contributed by atoms with van der Waals surface area (Å²) in [7, 11) is 0. The third-order valence-corrected chi connectivity index (χ3v) is 6.42. The summed E-state index contributed by atoms with van der Waals surface area (Å²) in [5, 5.41) is 3.02. The Hall–Kier alpha value is -2.61. The van der Waals surface area contributed by atoms with Crippen molar-refractivity contribution in [3.63, 3.8) is 0 Å². The first-order chi connectivity index (χ1) is 13.6. The largest absolute Gasteiger partial charge is 0.369 e. The summed E-state index contributed by atoms with van der Waals surface area (Å²) in [6, 6.07) is 1.72. The number of hydrogen-bond donors (Lipinski definition) is 1. The number of amides is 1. The van der Waals surface area contributed by atoms with E-state index in [-0.39, 0.29) is 35.3 Å². The first-order valence-electron chi connectivity index (χ1n) is 9.65. The number of nitrogens with zero attached hydrogens (tertiary/aromatic N) is 4. The van der Waals surface area contributed by atoms with Crippen molar-refractivity contribution in [2.45, 2.75) is 31.5 Å². The highest BCUT2D eigenvalue weighted by Crippen LogP contribution is 2.55. The first kappa shape index (κ1) is 17.5. The molecule has 7 nitrogen and oxygen atoms in total. The van der Waals surface area contributed by atoms with E-state index in [1.165, 1.54) is 6.20 Å². The Balaban J connectivity index is 1.30. The second kappa shape index (κ2) is 6.48. The number of hydrogen-bond acceptors (Lipinski definition) is 6. The second-order valence-electron chi connectivity index (χ2n) is 7.97. The SMILES string of the molecule is Cc1ncc(C(=O)NC[C@H]2[C@H]3CN(c4ccncc4F)C[C@]34CC[C@H]2O4)cn1. The molecule has 5 heterocycles. The maximum absolute atomic E-state index is 14.2. The van der Waals surface area contributed by atoms with Crippen LogP contribution in [0.15, 0.2) is 30.9 Å². The minimum Gasteiger partial charge on any atom is -0.369 e. The zero-order valence-electron chi connectivity index (χ0n) is 15.6. The Labute approximate surface area is 162 Å². The molecule has 3 fully saturated rings. The van der Waals surface area contributed by atoms with Crippen molar-refractivity contribution in [3.8, 4) is 0 Å². The lowest BCUT2D eigenvalue weighted by Gasteiger charge is -2.29. The lowest BCUT2D eigenvalue weighted by Crippen LogP contribution is -2.41. The quantitative estimate of drug-likeness (QED) is 0.866. The smallest absolute Gasteiger partial charge is 0.254 e. The number of halogens is 1. The molecule has 0 radical (unpaired) electrons. The molecule has 2 aromatic heterocycles. The van der Waals surface area contributed by atoms with E-state index in [2.05, 4.69) is 25.2 Å². The molecule has 1 amide bonds. The Morgan fingerprint density at radius 3 is 3.00 bits per heavy atom. The van der Waals surface area contributed by atoms with Crippen molar-refractivity contribution < 1.29 is 13.9 Å². The average molecular weight is 383 g/mol. The van der Waals surface area contributed by atoms with E-state index in [4.69, 9.17) is 4.74 Å². The van der Waals surface area contributed by atoms with Gasteiger partial charge in [0, 0.05) is 50.1 Å². The van der Waals surface area contributed by atoms with Gasteiger partial charge in [0.1, 0.15) is 5.82 Å². The van der Waals surface area contributed by atoms with Gasteiger partial charge in [-0.1, -0.05) is 0 Å². The summed E-state index contributed by atoms with van der Waals surface area (Å²) < 4.78 is 20.6. The number of pyridine rings is 1. The summed E-state index contributed by atoms with van der Waals surface area (Å²) in [4.78, 5) is 26.5. The molecule has 3 saturated heterocycles. The van der Waals surface area contributed by atoms with E-state index in [0.717, 1.165) is 19.4 Å². The van der Waals surface area contributed by atoms with Gasteiger partial charge >= 0.3 is 0 Å². The fourth-order valence-corrected chi connectivity index (χ4v) is 5.09.